The maximum absolute atomic E-state index is 11.7. The van der Waals surface area contributed by atoms with Crippen LogP contribution in [0.4, 0.5) is 5.69 Å². The molecule has 1 rings (SSSR count). The Kier molecular flexibility index (Phi) is 6.02. The highest BCUT2D eigenvalue weighted by molar-refractivity contribution is 7.91. The molecule has 1 aromatic carbocycles. The Morgan fingerprint density at radius 1 is 1.20 bits per heavy atom. The maximum Gasteiger partial charge on any atom is 0.178 e. The minimum absolute atomic E-state index is 0.131. The maximum atomic E-state index is 11.7. The second kappa shape index (κ2) is 7.09. The van der Waals surface area contributed by atoms with Crippen LogP contribution in [0.25, 0.3) is 0 Å². The molecule has 114 valence electrons. The van der Waals surface area contributed by atoms with Crippen molar-refractivity contribution in [3.63, 3.8) is 0 Å². The minimum atomic E-state index is -3.11. The minimum Gasteiger partial charge on any atom is -0.385 e. The van der Waals surface area contributed by atoms with Crippen molar-refractivity contribution in [1.82, 2.24) is 0 Å². The van der Waals surface area contributed by atoms with Gasteiger partial charge in [0.25, 0.3) is 0 Å². The third-order valence-electron chi connectivity index (χ3n) is 3.42. The molecule has 1 aromatic rings. The van der Waals surface area contributed by atoms with Crippen LogP contribution in [-0.4, -0.2) is 27.3 Å². The summed E-state index contributed by atoms with van der Waals surface area (Å²) in [6.07, 6.45) is 2.08. The molecule has 0 spiro atoms. The standard InChI is InChI=1S/C15H26N2O2S/c1-4-20(18,19)14-8-6-13(7-9-14)17-12-15(2,3)10-5-11-16/h6-9,17H,4-5,10-12,16H2,1-3H3. The first-order valence-electron chi connectivity index (χ1n) is 7.07. The summed E-state index contributed by atoms with van der Waals surface area (Å²) in [5, 5.41) is 3.35. The van der Waals surface area contributed by atoms with Crippen LogP contribution in [0, 0.1) is 5.41 Å². The summed E-state index contributed by atoms with van der Waals surface area (Å²) in [5.74, 6) is 0.131. The van der Waals surface area contributed by atoms with E-state index in [1.54, 1.807) is 19.1 Å². The van der Waals surface area contributed by atoms with E-state index in [2.05, 4.69) is 19.2 Å². The first-order valence-corrected chi connectivity index (χ1v) is 8.73. The number of nitrogens with one attached hydrogen (secondary N) is 1. The zero-order chi connectivity index (χ0) is 15.2. The van der Waals surface area contributed by atoms with E-state index in [1.807, 2.05) is 12.1 Å². The van der Waals surface area contributed by atoms with E-state index in [-0.39, 0.29) is 11.2 Å². The predicted octanol–water partition coefficient (Wildman–Crippen LogP) is 2.66. The molecule has 0 atom stereocenters. The fraction of sp³-hybridized carbons (Fsp3) is 0.600. The summed E-state index contributed by atoms with van der Waals surface area (Å²) in [4.78, 5) is 0.382. The molecular formula is C15H26N2O2S. The Bertz CT molecular complexity index is 507. The fourth-order valence-corrected chi connectivity index (χ4v) is 2.84. The zero-order valence-electron chi connectivity index (χ0n) is 12.6. The average molecular weight is 298 g/mol. The second-order valence-electron chi connectivity index (χ2n) is 5.84. The molecule has 5 heteroatoms. The lowest BCUT2D eigenvalue weighted by Crippen LogP contribution is -2.24. The molecule has 0 aliphatic rings. The number of benzene rings is 1. The molecule has 0 bridgehead atoms. The van der Waals surface area contributed by atoms with Gasteiger partial charge in [-0.2, -0.15) is 0 Å². The van der Waals surface area contributed by atoms with E-state index < -0.39 is 9.84 Å². The van der Waals surface area contributed by atoms with E-state index in [9.17, 15) is 8.42 Å². The number of nitrogens with two attached hydrogens (primary N) is 1. The Morgan fingerprint density at radius 2 is 1.80 bits per heavy atom. The Labute approximate surface area is 122 Å². The molecule has 0 heterocycles. The average Bonchev–Trinajstić information content (AvgIpc) is 2.43. The van der Waals surface area contributed by atoms with Gasteiger partial charge in [-0.25, -0.2) is 8.42 Å². The van der Waals surface area contributed by atoms with Gasteiger partial charge in [-0.3, -0.25) is 0 Å². The zero-order valence-corrected chi connectivity index (χ0v) is 13.5. The number of hydrogen-bond acceptors (Lipinski definition) is 4. The highest BCUT2D eigenvalue weighted by Crippen LogP contribution is 2.23. The highest BCUT2D eigenvalue weighted by atomic mass is 32.2. The largest absolute Gasteiger partial charge is 0.385 e. The van der Waals surface area contributed by atoms with Crippen molar-refractivity contribution >= 4 is 15.5 Å². The van der Waals surface area contributed by atoms with E-state index in [0.717, 1.165) is 25.1 Å². The van der Waals surface area contributed by atoms with Crippen LogP contribution in [0.15, 0.2) is 29.2 Å². The van der Waals surface area contributed by atoms with Crippen LogP contribution in [0.2, 0.25) is 0 Å². The smallest absolute Gasteiger partial charge is 0.178 e. The molecule has 4 nitrogen and oxygen atoms in total. The Balaban J connectivity index is 2.63. The lowest BCUT2D eigenvalue weighted by molar-refractivity contribution is 0.350. The van der Waals surface area contributed by atoms with Crippen molar-refractivity contribution < 1.29 is 8.42 Å². The molecule has 20 heavy (non-hydrogen) atoms. The third-order valence-corrected chi connectivity index (χ3v) is 5.17. The number of sulfone groups is 1. The predicted molar refractivity (Wildman–Crippen MR) is 84.7 cm³/mol. The van der Waals surface area contributed by atoms with Crippen molar-refractivity contribution in [3.8, 4) is 0 Å². The van der Waals surface area contributed by atoms with E-state index in [1.165, 1.54) is 0 Å². The molecule has 0 amide bonds. The van der Waals surface area contributed by atoms with Gasteiger partial charge >= 0.3 is 0 Å². The third kappa shape index (κ3) is 5.13. The van der Waals surface area contributed by atoms with Crippen molar-refractivity contribution in [2.24, 2.45) is 11.1 Å². The molecule has 0 saturated heterocycles. The molecule has 0 aromatic heterocycles. The first kappa shape index (κ1) is 17.0. The van der Waals surface area contributed by atoms with Gasteiger partial charge in [0.15, 0.2) is 9.84 Å². The number of hydrogen-bond donors (Lipinski definition) is 2. The van der Waals surface area contributed by atoms with Crippen molar-refractivity contribution in [2.75, 3.05) is 24.2 Å². The van der Waals surface area contributed by atoms with Crippen LogP contribution >= 0.6 is 0 Å². The van der Waals surface area contributed by atoms with E-state index >= 15 is 0 Å². The van der Waals surface area contributed by atoms with E-state index in [0.29, 0.717) is 11.4 Å². The summed E-state index contributed by atoms with van der Waals surface area (Å²) < 4.78 is 23.4. The summed E-state index contributed by atoms with van der Waals surface area (Å²) in [5.41, 5.74) is 6.66. The topological polar surface area (TPSA) is 72.2 Å². The lowest BCUT2D eigenvalue weighted by atomic mass is 9.87. The number of rotatable bonds is 8. The normalized spacial score (nSPS) is 12.4. The van der Waals surface area contributed by atoms with Crippen molar-refractivity contribution in [1.29, 1.82) is 0 Å². The molecule has 0 radical (unpaired) electrons. The van der Waals surface area contributed by atoms with Gasteiger partial charge in [0, 0.05) is 12.2 Å². The van der Waals surface area contributed by atoms with Crippen LogP contribution in [0.1, 0.15) is 33.6 Å². The first-order chi connectivity index (χ1) is 9.30. The lowest BCUT2D eigenvalue weighted by Gasteiger charge is -2.25. The van der Waals surface area contributed by atoms with Crippen molar-refractivity contribution in [3.05, 3.63) is 24.3 Å². The Morgan fingerprint density at radius 3 is 2.30 bits per heavy atom. The van der Waals surface area contributed by atoms with Gasteiger partial charge in [0.2, 0.25) is 0 Å². The van der Waals surface area contributed by atoms with Gasteiger partial charge in [0.05, 0.1) is 10.6 Å². The number of anilines is 1. The second-order valence-corrected chi connectivity index (χ2v) is 8.12. The SMILES string of the molecule is CCS(=O)(=O)c1ccc(NCC(C)(C)CCCN)cc1. The molecule has 0 aliphatic carbocycles. The molecule has 3 N–H and O–H groups in total. The molecule has 0 unspecified atom stereocenters. The Hall–Kier alpha value is -1.07. The van der Waals surface area contributed by atoms with Crippen LogP contribution in [0.3, 0.4) is 0 Å². The monoisotopic (exact) mass is 298 g/mol. The van der Waals surface area contributed by atoms with Gasteiger partial charge < -0.3 is 11.1 Å². The fourth-order valence-electron chi connectivity index (χ4n) is 1.96. The summed E-state index contributed by atoms with van der Waals surface area (Å²) >= 11 is 0. The van der Waals surface area contributed by atoms with Gasteiger partial charge in [-0.1, -0.05) is 20.8 Å². The highest BCUT2D eigenvalue weighted by Gasteiger charge is 2.17. The summed E-state index contributed by atoms with van der Waals surface area (Å²) in [7, 11) is -3.11. The van der Waals surface area contributed by atoms with Gasteiger partial charge in [-0.05, 0) is 49.1 Å². The molecule has 0 saturated carbocycles. The van der Waals surface area contributed by atoms with Gasteiger partial charge in [0.1, 0.15) is 0 Å². The van der Waals surface area contributed by atoms with E-state index in [4.69, 9.17) is 5.73 Å². The summed E-state index contributed by atoms with van der Waals surface area (Å²) in [6.45, 7) is 7.61. The summed E-state index contributed by atoms with van der Waals surface area (Å²) in [6, 6.07) is 6.96. The van der Waals surface area contributed by atoms with Crippen LogP contribution in [-0.2, 0) is 9.84 Å². The van der Waals surface area contributed by atoms with Gasteiger partial charge in [-0.15, -0.1) is 0 Å². The quantitative estimate of drug-likeness (QED) is 0.774. The van der Waals surface area contributed by atoms with Crippen LogP contribution < -0.4 is 11.1 Å². The molecule has 0 aliphatic heterocycles. The molecule has 0 fully saturated rings. The molecular weight excluding hydrogens is 272 g/mol. The van der Waals surface area contributed by atoms with Crippen LogP contribution in [0.5, 0.6) is 0 Å². The van der Waals surface area contributed by atoms with Crippen molar-refractivity contribution in [2.45, 2.75) is 38.5 Å².